The molecule has 3 rings (SSSR count). The average Bonchev–Trinajstić information content (AvgIpc) is 2.69. The lowest BCUT2D eigenvalue weighted by Crippen LogP contribution is -2.48. The third kappa shape index (κ3) is 7.94. The molecule has 0 aliphatic carbocycles. The third-order valence-electron chi connectivity index (χ3n) is 5.51. The lowest BCUT2D eigenvalue weighted by molar-refractivity contribution is 0.0322. The summed E-state index contributed by atoms with van der Waals surface area (Å²) in [5, 5.41) is 3.53. The topological polar surface area (TPSA) is 49.3 Å². The summed E-state index contributed by atoms with van der Waals surface area (Å²) in [7, 11) is 1.87. The molecule has 2 aliphatic heterocycles. The number of aliphatic imine (C=N–C) groups is 1. The number of rotatable bonds is 6. The van der Waals surface area contributed by atoms with Crippen molar-refractivity contribution in [3.05, 3.63) is 29.8 Å². The molecule has 0 saturated carbocycles. The fourth-order valence-electron chi connectivity index (χ4n) is 4.21. The van der Waals surface area contributed by atoms with E-state index in [-0.39, 0.29) is 24.0 Å². The first-order valence-electron chi connectivity index (χ1n) is 10.6. The van der Waals surface area contributed by atoms with Gasteiger partial charge in [-0.1, -0.05) is 26.0 Å². The molecular weight excluding hydrogens is 479 g/mol. The molecule has 2 atom stereocenters. The fraction of sp³-hybridized carbons (Fsp3) is 0.682. The number of ether oxygens (including phenoxy) is 2. The van der Waals surface area contributed by atoms with E-state index in [9.17, 15) is 0 Å². The molecule has 164 valence electrons. The zero-order chi connectivity index (χ0) is 19.8. The molecule has 0 amide bonds. The first-order chi connectivity index (χ1) is 13.6. The molecule has 1 aromatic rings. The lowest BCUT2D eigenvalue weighted by Gasteiger charge is -2.37. The van der Waals surface area contributed by atoms with E-state index in [0.29, 0.717) is 18.4 Å². The van der Waals surface area contributed by atoms with Gasteiger partial charge in [-0.3, -0.25) is 9.89 Å². The van der Waals surface area contributed by atoms with E-state index in [1.165, 1.54) is 12.0 Å². The van der Waals surface area contributed by atoms with Crippen LogP contribution in [0.3, 0.4) is 0 Å². The highest BCUT2D eigenvalue weighted by molar-refractivity contribution is 14.0. The Kier molecular flexibility index (Phi) is 10.5. The number of guanidine groups is 1. The number of halogens is 1. The minimum Gasteiger partial charge on any atom is -0.492 e. The lowest BCUT2D eigenvalue weighted by atomic mass is 9.92. The summed E-state index contributed by atoms with van der Waals surface area (Å²) in [6.07, 6.45) is 1.30. The van der Waals surface area contributed by atoms with Gasteiger partial charge < -0.3 is 19.7 Å². The Morgan fingerprint density at radius 1 is 1.21 bits per heavy atom. The van der Waals surface area contributed by atoms with E-state index >= 15 is 0 Å². The van der Waals surface area contributed by atoms with Gasteiger partial charge >= 0.3 is 0 Å². The van der Waals surface area contributed by atoms with Crippen LogP contribution in [0.2, 0.25) is 0 Å². The Labute approximate surface area is 193 Å². The molecule has 0 bridgehead atoms. The predicted octanol–water partition coefficient (Wildman–Crippen LogP) is 3.07. The summed E-state index contributed by atoms with van der Waals surface area (Å²) >= 11 is 0. The minimum absolute atomic E-state index is 0. The van der Waals surface area contributed by atoms with Gasteiger partial charge in [0.25, 0.3) is 0 Å². The zero-order valence-corrected chi connectivity index (χ0v) is 20.4. The second kappa shape index (κ2) is 12.6. The summed E-state index contributed by atoms with van der Waals surface area (Å²) in [5.41, 5.74) is 1.21. The highest BCUT2D eigenvalue weighted by Crippen LogP contribution is 2.21. The Hall–Kier alpha value is -1.06. The molecule has 0 aromatic heterocycles. The van der Waals surface area contributed by atoms with Crippen molar-refractivity contribution in [1.29, 1.82) is 0 Å². The highest BCUT2D eigenvalue weighted by Gasteiger charge is 2.23. The molecule has 6 nitrogen and oxygen atoms in total. The average molecular weight is 516 g/mol. The van der Waals surface area contributed by atoms with Gasteiger partial charge in [0.2, 0.25) is 0 Å². The van der Waals surface area contributed by atoms with Gasteiger partial charge in [-0.25, -0.2) is 0 Å². The van der Waals surface area contributed by atoms with Crippen molar-refractivity contribution in [2.75, 3.05) is 59.6 Å². The SMILES string of the molecule is CN=C(NCc1cccc(OCCN2CCOCC2)c1)N1CC(C)CC(C)C1.I. The molecule has 2 unspecified atom stereocenters. The number of benzene rings is 1. The van der Waals surface area contributed by atoms with Crippen molar-refractivity contribution in [2.24, 2.45) is 16.8 Å². The van der Waals surface area contributed by atoms with Gasteiger partial charge in [0.05, 0.1) is 13.2 Å². The minimum atomic E-state index is 0. The molecule has 29 heavy (non-hydrogen) atoms. The molecule has 7 heteroatoms. The van der Waals surface area contributed by atoms with Crippen LogP contribution >= 0.6 is 24.0 Å². The molecule has 2 saturated heterocycles. The summed E-state index contributed by atoms with van der Waals surface area (Å²) in [5.74, 6) is 3.36. The van der Waals surface area contributed by atoms with Crippen molar-refractivity contribution in [1.82, 2.24) is 15.1 Å². The van der Waals surface area contributed by atoms with E-state index in [1.807, 2.05) is 13.1 Å². The highest BCUT2D eigenvalue weighted by atomic mass is 127. The first-order valence-corrected chi connectivity index (χ1v) is 10.6. The Morgan fingerprint density at radius 3 is 2.62 bits per heavy atom. The summed E-state index contributed by atoms with van der Waals surface area (Å²) in [4.78, 5) is 9.28. The normalized spacial score (nSPS) is 23.4. The number of hydrogen-bond donors (Lipinski definition) is 1. The van der Waals surface area contributed by atoms with Gasteiger partial charge in [-0.2, -0.15) is 0 Å². The van der Waals surface area contributed by atoms with Crippen LogP contribution < -0.4 is 10.1 Å². The maximum absolute atomic E-state index is 5.98. The van der Waals surface area contributed by atoms with E-state index in [1.54, 1.807) is 0 Å². The van der Waals surface area contributed by atoms with E-state index in [0.717, 1.165) is 64.2 Å². The number of nitrogens with zero attached hydrogens (tertiary/aromatic N) is 3. The fourth-order valence-corrected chi connectivity index (χ4v) is 4.21. The first kappa shape index (κ1) is 24.2. The standard InChI is InChI=1S/C22H36N4O2.HI/c1-18-13-19(2)17-26(16-18)22(23-3)24-15-20-5-4-6-21(14-20)28-12-9-25-7-10-27-11-8-25;/h4-6,14,18-19H,7-13,15-17H2,1-3H3,(H,23,24);1H. The molecule has 2 aliphatic rings. The van der Waals surface area contributed by atoms with Crippen molar-refractivity contribution in [3.63, 3.8) is 0 Å². The molecule has 2 fully saturated rings. The largest absolute Gasteiger partial charge is 0.492 e. The molecule has 1 N–H and O–H groups in total. The number of likely N-dealkylation sites (tertiary alicyclic amines) is 1. The third-order valence-corrected chi connectivity index (χ3v) is 5.51. The molecule has 0 radical (unpaired) electrons. The van der Waals surface area contributed by atoms with E-state index < -0.39 is 0 Å². The van der Waals surface area contributed by atoms with Gasteiger partial charge in [0.15, 0.2) is 5.96 Å². The van der Waals surface area contributed by atoms with Crippen LogP contribution in [0.1, 0.15) is 25.8 Å². The number of hydrogen-bond acceptors (Lipinski definition) is 4. The van der Waals surface area contributed by atoms with Crippen LogP contribution in [0.5, 0.6) is 5.75 Å². The monoisotopic (exact) mass is 516 g/mol. The molecule has 1 aromatic carbocycles. The summed E-state index contributed by atoms with van der Waals surface area (Å²) < 4.78 is 11.4. The van der Waals surface area contributed by atoms with Crippen LogP contribution in [0, 0.1) is 11.8 Å². The van der Waals surface area contributed by atoms with Crippen LogP contribution in [-0.4, -0.2) is 75.4 Å². The van der Waals surface area contributed by atoms with Crippen LogP contribution in [0.15, 0.2) is 29.3 Å². The van der Waals surface area contributed by atoms with Crippen molar-refractivity contribution < 1.29 is 9.47 Å². The van der Waals surface area contributed by atoms with E-state index in [4.69, 9.17) is 9.47 Å². The number of nitrogens with one attached hydrogen (secondary N) is 1. The molecule has 0 spiro atoms. The molecule has 2 heterocycles. The smallest absolute Gasteiger partial charge is 0.193 e. The number of piperidine rings is 1. The van der Waals surface area contributed by atoms with Gasteiger partial charge in [0.1, 0.15) is 12.4 Å². The predicted molar refractivity (Wildman–Crippen MR) is 129 cm³/mol. The second-order valence-corrected chi connectivity index (χ2v) is 8.20. The summed E-state index contributed by atoms with van der Waals surface area (Å²) in [6.45, 7) is 12.9. The van der Waals surface area contributed by atoms with Crippen molar-refractivity contribution >= 4 is 29.9 Å². The molecular formula is C22H37IN4O2. The zero-order valence-electron chi connectivity index (χ0n) is 18.1. The maximum Gasteiger partial charge on any atom is 0.193 e. The summed E-state index contributed by atoms with van der Waals surface area (Å²) in [6, 6.07) is 8.36. The van der Waals surface area contributed by atoms with Crippen LogP contribution in [0.4, 0.5) is 0 Å². The Balaban J connectivity index is 0.00000300. The van der Waals surface area contributed by atoms with Crippen LogP contribution in [-0.2, 0) is 11.3 Å². The Morgan fingerprint density at radius 2 is 1.93 bits per heavy atom. The van der Waals surface area contributed by atoms with Crippen molar-refractivity contribution in [2.45, 2.75) is 26.8 Å². The quantitative estimate of drug-likeness (QED) is 0.358. The van der Waals surface area contributed by atoms with Gasteiger partial charge in [-0.05, 0) is 36.0 Å². The van der Waals surface area contributed by atoms with Crippen molar-refractivity contribution in [3.8, 4) is 5.75 Å². The maximum atomic E-state index is 5.98. The van der Waals surface area contributed by atoms with E-state index in [2.05, 4.69) is 52.2 Å². The Bertz CT molecular complexity index is 627. The van der Waals surface area contributed by atoms with Gasteiger partial charge in [0, 0.05) is 46.3 Å². The van der Waals surface area contributed by atoms with Crippen LogP contribution in [0.25, 0.3) is 0 Å². The second-order valence-electron chi connectivity index (χ2n) is 8.20. The number of morpholine rings is 1. The van der Waals surface area contributed by atoms with Gasteiger partial charge in [-0.15, -0.1) is 24.0 Å².